The summed E-state index contributed by atoms with van der Waals surface area (Å²) < 4.78 is 6.77. The molecule has 0 aliphatic rings. The second-order valence-corrected chi connectivity index (χ2v) is 6.46. The number of carbonyl (C=O) groups is 2. The van der Waals surface area contributed by atoms with Gasteiger partial charge in [0.1, 0.15) is 11.4 Å². The van der Waals surface area contributed by atoms with E-state index < -0.39 is 5.91 Å². The highest BCUT2D eigenvalue weighted by Gasteiger charge is 2.11. The first-order valence-corrected chi connectivity index (χ1v) is 9.52. The summed E-state index contributed by atoms with van der Waals surface area (Å²) in [7, 11) is 0. The molecule has 2 N–H and O–H groups in total. The lowest BCUT2D eigenvalue weighted by molar-refractivity contribution is -0.118. The minimum absolute atomic E-state index is 0.136. The maximum absolute atomic E-state index is 12.5. The van der Waals surface area contributed by atoms with Gasteiger partial charge in [0.2, 0.25) is 0 Å². The molecule has 1 heterocycles. The Bertz CT molecular complexity index is 1080. The Balaban J connectivity index is 1.60. The lowest BCUT2D eigenvalue weighted by atomic mass is 10.3. The van der Waals surface area contributed by atoms with Crippen molar-refractivity contribution in [3.63, 3.8) is 0 Å². The summed E-state index contributed by atoms with van der Waals surface area (Å²) in [6.45, 7) is 2.19. The average molecular weight is 406 g/mol. The summed E-state index contributed by atoms with van der Waals surface area (Å²) in [5.41, 5.74) is 1.05. The Morgan fingerprint density at radius 1 is 0.967 bits per heavy atom. The zero-order chi connectivity index (χ0) is 21.3. The Kier molecular flexibility index (Phi) is 6.94. The van der Waals surface area contributed by atoms with E-state index in [-0.39, 0.29) is 23.8 Å². The SMILES string of the molecule is CCCn1nc(C(=O)Nc2cccc(OCC(=O)Nc3ccccc3)c2)ccc1=O. The molecule has 0 aliphatic carbocycles. The lowest BCUT2D eigenvalue weighted by Gasteiger charge is -2.10. The maximum atomic E-state index is 12.5. The summed E-state index contributed by atoms with van der Waals surface area (Å²) in [6, 6.07) is 18.5. The van der Waals surface area contributed by atoms with Gasteiger partial charge >= 0.3 is 0 Å². The van der Waals surface area contributed by atoms with Gasteiger partial charge in [-0.2, -0.15) is 5.10 Å². The van der Waals surface area contributed by atoms with E-state index in [1.54, 1.807) is 36.4 Å². The van der Waals surface area contributed by atoms with Crippen LogP contribution in [0.5, 0.6) is 5.75 Å². The molecule has 0 atom stereocenters. The van der Waals surface area contributed by atoms with Crippen LogP contribution in [0, 0.1) is 0 Å². The summed E-state index contributed by atoms with van der Waals surface area (Å²) >= 11 is 0. The molecule has 0 saturated carbocycles. The van der Waals surface area contributed by atoms with Crippen molar-refractivity contribution >= 4 is 23.2 Å². The molecule has 0 spiro atoms. The molecule has 8 nitrogen and oxygen atoms in total. The quantitative estimate of drug-likeness (QED) is 0.599. The first kappa shape index (κ1) is 20.8. The number of hydrogen-bond acceptors (Lipinski definition) is 5. The van der Waals surface area contributed by atoms with Crippen molar-refractivity contribution in [1.29, 1.82) is 0 Å². The fraction of sp³-hybridized carbons (Fsp3) is 0.182. The standard InChI is InChI=1S/C22H22N4O4/c1-2-13-26-21(28)12-11-19(25-26)22(29)24-17-9-6-10-18(14-17)30-15-20(27)23-16-7-4-3-5-8-16/h3-12,14H,2,13,15H2,1H3,(H,23,27)(H,24,29). The largest absolute Gasteiger partial charge is 0.484 e. The van der Waals surface area contributed by atoms with Gasteiger partial charge in [-0.3, -0.25) is 14.4 Å². The Labute approximate surface area is 173 Å². The summed E-state index contributed by atoms with van der Waals surface area (Å²) in [5.74, 6) is -0.309. The number of hydrogen-bond donors (Lipinski definition) is 2. The number of aryl methyl sites for hydroxylation is 1. The van der Waals surface area contributed by atoms with Gasteiger partial charge in [0.05, 0.1) is 0 Å². The molecular weight excluding hydrogens is 384 g/mol. The van der Waals surface area contributed by atoms with Crippen LogP contribution in [0.4, 0.5) is 11.4 Å². The van der Waals surface area contributed by atoms with Crippen LogP contribution in [-0.4, -0.2) is 28.2 Å². The molecule has 154 valence electrons. The molecule has 8 heteroatoms. The molecule has 0 fully saturated rings. The maximum Gasteiger partial charge on any atom is 0.276 e. The molecule has 0 saturated heterocycles. The van der Waals surface area contributed by atoms with Crippen LogP contribution in [0.1, 0.15) is 23.8 Å². The molecular formula is C22H22N4O4. The van der Waals surface area contributed by atoms with Gasteiger partial charge in [0.15, 0.2) is 6.61 Å². The highest BCUT2D eigenvalue weighted by atomic mass is 16.5. The molecule has 3 rings (SSSR count). The topological polar surface area (TPSA) is 102 Å². The predicted molar refractivity (Wildman–Crippen MR) is 114 cm³/mol. The van der Waals surface area contributed by atoms with Crippen molar-refractivity contribution < 1.29 is 14.3 Å². The molecule has 2 aromatic carbocycles. The van der Waals surface area contributed by atoms with E-state index >= 15 is 0 Å². The molecule has 1 aromatic heterocycles. The third-order valence-electron chi connectivity index (χ3n) is 4.05. The zero-order valence-corrected chi connectivity index (χ0v) is 16.5. The number of anilines is 2. The van der Waals surface area contributed by atoms with Gasteiger partial charge < -0.3 is 15.4 Å². The minimum atomic E-state index is -0.446. The number of carbonyl (C=O) groups excluding carboxylic acids is 2. The zero-order valence-electron chi connectivity index (χ0n) is 16.5. The van der Waals surface area contributed by atoms with E-state index in [0.29, 0.717) is 23.7 Å². The second-order valence-electron chi connectivity index (χ2n) is 6.46. The first-order chi connectivity index (χ1) is 14.5. The van der Waals surface area contributed by atoms with Gasteiger partial charge in [0, 0.05) is 30.1 Å². The number of aromatic nitrogens is 2. The van der Waals surface area contributed by atoms with Crippen molar-refractivity contribution in [2.75, 3.05) is 17.2 Å². The van der Waals surface area contributed by atoms with Crippen molar-refractivity contribution in [3.8, 4) is 5.75 Å². The molecule has 3 aromatic rings. The van der Waals surface area contributed by atoms with E-state index in [0.717, 1.165) is 6.42 Å². The van der Waals surface area contributed by atoms with Crippen molar-refractivity contribution in [1.82, 2.24) is 9.78 Å². The van der Waals surface area contributed by atoms with Crippen molar-refractivity contribution in [2.45, 2.75) is 19.9 Å². The van der Waals surface area contributed by atoms with E-state index in [4.69, 9.17) is 4.74 Å². The summed E-state index contributed by atoms with van der Waals surface area (Å²) in [6.07, 6.45) is 0.731. The normalized spacial score (nSPS) is 10.3. The van der Waals surface area contributed by atoms with Gasteiger partial charge in [0.25, 0.3) is 17.4 Å². The highest BCUT2D eigenvalue weighted by molar-refractivity contribution is 6.02. The van der Waals surface area contributed by atoms with Crippen molar-refractivity contribution in [3.05, 3.63) is 82.8 Å². The van der Waals surface area contributed by atoms with E-state index in [1.807, 2.05) is 25.1 Å². The first-order valence-electron chi connectivity index (χ1n) is 9.52. The van der Waals surface area contributed by atoms with Crippen LogP contribution in [0.3, 0.4) is 0 Å². The van der Waals surface area contributed by atoms with Crippen LogP contribution >= 0.6 is 0 Å². The van der Waals surface area contributed by atoms with Crippen molar-refractivity contribution in [2.24, 2.45) is 0 Å². The Hall–Kier alpha value is -3.94. The lowest BCUT2D eigenvalue weighted by Crippen LogP contribution is -2.26. The number of rotatable bonds is 8. The van der Waals surface area contributed by atoms with Crippen LogP contribution in [-0.2, 0) is 11.3 Å². The third kappa shape index (κ3) is 5.78. The van der Waals surface area contributed by atoms with Crippen LogP contribution in [0.2, 0.25) is 0 Å². The molecule has 0 bridgehead atoms. The van der Waals surface area contributed by atoms with E-state index in [2.05, 4.69) is 15.7 Å². The molecule has 2 amide bonds. The van der Waals surface area contributed by atoms with Gasteiger partial charge in [-0.1, -0.05) is 31.2 Å². The Morgan fingerprint density at radius 2 is 1.73 bits per heavy atom. The van der Waals surface area contributed by atoms with Gasteiger partial charge in [-0.15, -0.1) is 0 Å². The minimum Gasteiger partial charge on any atom is -0.484 e. The molecule has 30 heavy (non-hydrogen) atoms. The smallest absolute Gasteiger partial charge is 0.276 e. The summed E-state index contributed by atoms with van der Waals surface area (Å²) in [4.78, 5) is 36.2. The number of nitrogens with zero attached hydrogens (tertiary/aromatic N) is 2. The van der Waals surface area contributed by atoms with Gasteiger partial charge in [-0.25, -0.2) is 4.68 Å². The third-order valence-corrected chi connectivity index (χ3v) is 4.05. The van der Waals surface area contributed by atoms with E-state index in [9.17, 15) is 14.4 Å². The number of benzene rings is 2. The molecule has 0 aliphatic heterocycles. The van der Waals surface area contributed by atoms with E-state index in [1.165, 1.54) is 16.8 Å². The second kappa shape index (κ2) is 10.0. The van der Waals surface area contributed by atoms with Crippen LogP contribution in [0.15, 0.2) is 71.5 Å². The fourth-order valence-electron chi connectivity index (χ4n) is 2.67. The average Bonchev–Trinajstić information content (AvgIpc) is 2.75. The summed E-state index contributed by atoms with van der Waals surface area (Å²) in [5, 5.41) is 9.54. The predicted octanol–water partition coefficient (Wildman–Crippen LogP) is 2.92. The number of ether oxygens (including phenoxy) is 1. The number of para-hydroxylation sites is 1. The number of nitrogens with one attached hydrogen (secondary N) is 2. The Morgan fingerprint density at radius 3 is 2.50 bits per heavy atom. The monoisotopic (exact) mass is 406 g/mol. The van der Waals surface area contributed by atoms with Crippen LogP contribution < -0.4 is 20.9 Å². The molecule has 0 radical (unpaired) electrons. The fourth-order valence-corrected chi connectivity index (χ4v) is 2.67. The highest BCUT2D eigenvalue weighted by Crippen LogP contribution is 2.18. The van der Waals surface area contributed by atoms with Gasteiger partial charge in [-0.05, 0) is 36.8 Å². The van der Waals surface area contributed by atoms with Crippen LogP contribution in [0.25, 0.3) is 0 Å². The molecule has 0 unspecified atom stereocenters. The number of amides is 2.